The van der Waals surface area contributed by atoms with E-state index in [4.69, 9.17) is 14.7 Å². The van der Waals surface area contributed by atoms with Gasteiger partial charge in [-0.25, -0.2) is 9.97 Å². The molecule has 1 unspecified atom stereocenters. The third-order valence-corrected chi connectivity index (χ3v) is 7.52. The Labute approximate surface area is 218 Å². The number of H-pyrrole nitrogens is 1. The van der Waals surface area contributed by atoms with Gasteiger partial charge in [-0.3, -0.25) is 14.7 Å². The number of nitrogens with zero attached hydrogens (tertiary/aromatic N) is 6. The molecule has 0 amide bonds. The number of nitrogens with one attached hydrogen (secondary N) is 2. The molecule has 2 aliphatic heterocycles. The summed E-state index contributed by atoms with van der Waals surface area (Å²) in [6.45, 7) is 3.97. The smallest absolute Gasteiger partial charge is 0.258 e. The molecule has 10 nitrogen and oxygen atoms in total. The van der Waals surface area contributed by atoms with E-state index in [2.05, 4.69) is 38.2 Å². The van der Waals surface area contributed by atoms with Crippen LogP contribution < -0.4 is 15.8 Å². The molecule has 5 aromatic rings. The maximum Gasteiger partial charge on any atom is 0.258 e. The summed E-state index contributed by atoms with van der Waals surface area (Å²) in [6, 6.07) is 10.3. The summed E-state index contributed by atoms with van der Waals surface area (Å²) in [4.78, 5) is 35.0. The number of rotatable bonds is 3. The molecule has 0 saturated carbocycles. The van der Waals surface area contributed by atoms with Crippen LogP contribution in [0.15, 0.2) is 59.9 Å². The first-order chi connectivity index (χ1) is 18.6. The van der Waals surface area contributed by atoms with E-state index in [1.807, 2.05) is 42.1 Å². The van der Waals surface area contributed by atoms with Crippen molar-refractivity contribution in [3.8, 4) is 11.3 Å². The van der Waals surface area contributed by atoms with Crippen LogP contribution in [0.5, 0.6) is 0 Å². The van der Waals surface area contributed by atoms with Gasteiger partial charge in [-0.1, -0.05) is 0 Å². The Morgan fingerprint density at radius 3 is 2.95 bits per heavy atom. The quantitative estimate of drug-likeness (QED) is 0.383. The van der Waals surface area contributed by atoms with Gasteiger partial charge >= 0.3 is 0 Å². The molecule has 1 saturated heterocycles. The summed E-state index contributed by atoms with van der Waals surface area (Å²) in [6.07, 6.45) is 7.14. The fourth-order valence-corrected chi connectivity index (χ4v) is 5.77. The van der Waals surface area contributed by atoms with Crippen LogP contribution in [-0.4, -0.2) is 68.8 Å². The molecule has 0 bridgehead atoms. The van der Waals surface area contributed by atoms with Crippen LogP contribution in [-0.2, 0) is 18.3 Å². The zero-order valence-corrected chi connectivity index (χ0v) is 21.3. The lowest BCUT2D eigenvalue weighted by Crippen LogP contribution is -2.49. The van der Waals surface area contributed by atoms with Crippen molar-refractivity contribution in [2.45, 2.75) is 12.6 Å². The summed E-state index contributed by atoms with van der Waals surface area (Å²) in [5.74, 6) is 0.678. The number of aromatic nitrogens is 5. The van der Waals surface area contributed by atoms with Gasteiger partial charge in [0.25, 0.3) is 5.56 Å². The number of ether oxygens (including phenoxy) is 1. The lowest BCUT2D eigenvalue weighted by molar-refractivity contribution is 0.0844. The monoisotopic (exact) mass is 508 g/mol. The van der Waals surface area contributed by atoms with E-state index >= 15 is 0 Å². The van der Waals surface area contributed by atoms with E-state index in [1.54, 1.807) is 18.6 Å². The minimum Gasteiger partial charge on any atom is -0.377 e. The number of hydrogen-bond acceptors (Lipinski definition) is 8. The van der Waals surface area contributed by atoms with Crippen LogP contribution in [0.2, 0.25) is 0 Å². The van der Waals surface area contributed by atoms with Crippen LogP contribution in [0.4, 0.5) is 17.2 Å². The zero-order valence-electron chi connectivity index (χ0n) is 21.3. The van der Waals surface area contributed by atoms with Gasteiger partial charge in [0.15, 0.2) is 0 Å². The highest BCUT2D eigenvalue weighted by Gasteiger charge is 2.30. The maximum atomic E-state index is 13.1. The van der Waals surface area contributed by atoms with Gasteiger partial charge in [-0.2, -0.15) is 0 Å². The van der Waals surface area contributed by atoms with Crippen LogP contribution in [0.25, 0.3) is 33.1 Å². The molecule has 0 aliphatic carbocycles. The fourth-order valence-electron chi connectivity index (χ4n) is 5.77. The van der Waals surface area contributed by atoms with Gasteiger partial charge in [0, 0.05) is 61.6 Å². The first kappa shape index (κ1) is 22.9. The Balaban J connectivity index is 1.31. The van der Waals surface area contributed by atoms with Gasteiger partial charge < -0.3 is 24.5 Å². The van der Waals surface area contributed by atoms with Crippen LogP contribution in [0.1, 0.15) is 5.69 Å². The lowest BCUT2D eigenvalue weighted by Gasteiger charge is -2.37. The van der Waals surface area contributed by atoms with Crippen LogP contribution in [0.3, 0.4) is 0 Å². The van der Waals surface area contributed by atoms with Crippen molar-refractivity contribution < 1.29 is 4.74 Å². The van der Waals surface area contributed by atoms with E-state index in [1.165, 1.54) is 0 Å². The molecule has 1 fully saturated rings. The molecule has 7 heterocycles. The van der Waals surface area contributed by atoms with Gasteiger partial charge in [0.05, 0.1) is 53.6 Å². The van der Waals surface area contributed by atoms with Gasteiger partial charge in [0.2, 0.25) is 0 Å². The van der Waals surface area contributed by atoms with Gasteiger partial charge in [-0.15, -0.1) is 0 Å². The zero-order chi connectivity index (χ0) is 25.8. The molecular weight excluding hydrogens is 480 g/mol. The summed E-state index contributed by atoms with van der Waals surface area (Å²) >= 11 is 0. The van der Waals surface area contributed by atoms with E-state index in [-0.39, 0.29) is 5.56 Å². The number of hydrogen-bond donors (Lipinski definition) is 2. The molecule has 0 aromatic carbocycles. The average molecular weight is 509 g/mol. The molecule has 38 heavy (non-hydrogen) atoms. The molecule has 7 rings (SSSR count). The molecule has 192 valence electrons. The Morgan fingerprint density at radius 1 is 1.11 bits per heavy atom. The lowest BCUT2D eigenvalue weighted by atomic mass is 10.0. The molecule has 2 N–H and O–H groups in total. The van der Waals surface area contributed by atoms with Gasteiger partial charge in [-0.05, 0) is 37.4 Å². The third kappa shape index (κ3) is 3.72. The third-order valence-electron chi connectivity index (χ3n) is 7.52. The summed E-state index contributed by atoms with van der Waals surface area (Å²) in [7, 11) is 4.08. The Hall–Kier alpha value is -4.28. The minimum absolute atomic E-state index is 0.183. The molecule has 5 aromatic heterocycles. The van der Waals surface area contributed by atoms with Crippen LogP contribution >= 0.6 is 0 Å². The number of likely N-dealkylation sites (N-methyl/N-ethyl adjacent to an activating group) is 1. The molecular formula is C28H28N8O2. The average Bonchev–Trinajstić information content (AvgIpc) is 3.23. The van der Waals surface area contributed by atoms with Crippen molar-refractivity contribution in [2.24, 2.45) is 7.05 Å². The van der Waals surface area contributed by atoms with Crippen molar-refractivity contribution in [2.75, 3.05) is 43.6 Å². The largest absolute Gasteiger partial charge is 0.377 e. The second kappa shape index (κ2) is 8.93. The maximum absolute atomic E-state index is 13.1. The number of anilines is 3. The number of fused-ring (bicyclic) bond motifs is 5. The highest BCUT2D eigenvalue weighted by molar-refractivity contribution is 6.06. The normalized spacial score (nSPS) is 17.8. The first-order valence-corrected chi connectivity index (χ1v) is 12.8. The van der Waals surface area contributed by atoms with Gasteiger partial charge in [0.1, 0.15) is 11.5 Å². The minimum atomic E-state index is -0.183. The van der Waals surface area contributed by atoms with Crippen molar-refractivity contribution >= 4 is 39.0 Å². The van der Waals surface area contributed by atoms with Crippen molar-refractivity contribution in [3.05, 3.63) is 71.2 Å². The summed E-state index contributed by atoms with van der Waals surface area (Å²) in [5, 5.41) is 5.69. The number of aryl methyl sites for hydroxylation is 1. The Kier molecular flexibility index (Phi) is 5.38. The van der Waals surface area contributed by atoms with E-state index in [9.17, 15) is 4.79 Å². The van der Waals surface area contributed by atoms with E-state index in [0.29, 0.717) is 22.9 Å². The topological polar surface area (TPSA) is 104 Å². The summed E-state index contributed by atoms with van der Waals surface area (Å²) in [5.41, 5.74) is 5.13. The molecule has 0 radical (unpaired) electrons. The standard InChI is InChI=1S/C28H28N8O2/c1-34-14-17-16-38-12-11-36(17)23-3-4-24(33-22(23)15-34)32-21-13-31-26(20-6-9-30-28(37)25(20)21)18-5-8-29-27-19(18)7-10-35(27)2/h3-10,13,17H,11-12,14-16H2,1-2H3,(H,30,37)(H,32,33). The Morgan fingerprint density at radius 2 is 2.03 bits per heavy atom. The predicted octanol–water partition coefficient (Wildman–Crippen LogP) is 3.27. The second-order valence-electron chi connectivity index (χ2n) is 10.0. The van der Waals surface area contributed by atoms with E-state index in [0.717, 1.165) is 71.9 Å². The molecule has 2 aliphatic rings. The number of pyridine rings is 4. The number of morpholine rings is 1. The molecule has 1 atom stereocenters. The molecule has 10 heteroatoms. The number of aromatic amines is 1. The van der Waals surface area contributed by atoms with Crippen LogP contribution in [0, 0.1) is 0 Å². The van der Waals surface area contributed by atoms with Crippen molar-refractivity contribution in [1.82, 2.24) is 29.4 Å². The second-order valence-corrected chi connectivity index (χ2v) is 10.0. The predicted molar refractivity (Wildman–Crippen MR) is 148 cm³/mol. The molecule has 0 spiro atoms. The van der Waals surface area contributed by atoms with Crippen molar-refractivity contribution in [1.29, 1.82) is 0 Å². The summed E-state index contributed by atoms with van der Waals surface area (Å²) < 4.78 is 7.71. The Bertz CT molecular complexity index is 1740. The SMILES string of the molecule is CN1Cc2nc(Nc3cnc(-c4ccnc5c4ccn5C)c4cc[nH]c(=O)c34)ccc2N2CCOCC2C1. The van der Waals surface area contributed by atoms with Crippen molar-refractivity contribution in [3.63, 3.8) is 0 Å². The van der Waals surface area contributed by atoms with E-state index < -0.39 is 0 Å². The highest BCUT2D eigenvalue weighted by Crippen LogP contribution is 2.35. The fraction of sp³-hybridized carbons (Fsp3) is 0.286. The highest BCUT2D eigenvalue weighted by atomic mass is 16.5. The first-order valence-electron chi connectivity index (χ1n) is 12.8.